The molecule has 18 heavy (non-hydrogen) atoms. The lowest BCUT2D eigenvalue weighted by molar-refractivity contribution is 0.102. The molecule has 2 aliphatic heterocycles. The third-order valence-corrected chi connectivity index (χ3v) is 4.37. The van der Waals surface area contributed by atoms with Gasteiger partial charge in [0, 0.05) is 4.47 Å². The Morgan fingerprint density at radius 1 is 1.17 bits per heavy atom. The largest absolute Gasteiger partial charge is 0.507 e. The highest BCUT2D eigenvalue weighted by Crippen LogP contribution is 2.30. The molecule has 0 bridgehead atoms. The zero-order valence-electron chi connectivity index (χ0n) is 9.64. The fourth-order valence-electron chi connectivity index (χ4n) is 1.15. The molecule has 1 N–H and O–H groups in total. The number of hydrogen-bond acceptors (Lipinski definition) is 4. The Labute approximate surface area is 122 Å². The summed E-state index contributed by atoms with van der Waals surface area (Å²) in [4.78, 5) is 0. The van der Waals surface area contributed by atoms with Crippen molar-refractivity contribution in [1.29, 1.82) is 0 Å². The van der Waals surface area contributed by atoms with Crippen LogP contribution in [0.15, 0.2) is 27.1 Å². The van der Waals surface area contributed by atoms with E-state index >= 15 is 0 Å². The summed E-state index contributed by atoms with van der Waals surface area (Å²) in [6.45, 7) is 3.26. The summed E-state index contributed by atoms with van der Waals surface area (Å²) in [6, 6.07) is 5.24. The monoisotopic (exact) mass is 380 g/mol. The maximum Gasteiger partial charge on any atom is 0.130 e. The van der Waals surface area contributed by atoms with Crippen LogP contribution >= 0.6 is 31.9 Å². The molecule has 4 nitrogen and oxygen atoms in total. The van der Waals surface area contributed by atoms with Gasteiger partial charge in [-0.3, -0.25) is 0 Å². The summed E-state index contributed by atoms with van der Waals surface area (Å²) in [5.74, 6) is 0.254. The lowest BCUT2D eigenvalue weighted by atomic mass is 10.3. The second-order valence-electron chi connectivity index (χ2n) is 4.02. The van der Waals surface area contributed by atoms with E-state index < -0.39 is 0 Å². The van der Waals surface area contributed by atoms with E-state index in [9.17, 15) is 0 Å². The number of phenolic OH excluding ortho intramolecular Hbond substituents is 1. The third-order valence-electron chi connectivity index (χ3n) is 2.34. The van der Waals surface area contributed by atoms with Crippen molar-refractivity contribution >= 4 is 31.9 Å². The molecule has 0 spiro atoms. The SMILES string of the molecule is C(OCC1CO1)C1CO1.Oc1cccc(Br)c1Br. The van der Waals surface area contributed by atoms with Gasteiger partial charge in [-0.15, -0.1) is 0 Å². The van der Waals surface area contributed by atoms with Gasteiger partial charge in [-0.1, -0.05) is 6.07 Å². The standard InChI is InChI=1S/C6H4Br2O.C6H10O3/c7-4-2-1-3-5(9)6(4)8;1(5-3-8-5)7-2-6-4-9-6/h1-3,9H;5-6H,1-4H2. The van der Waals surface area contributed by atoms with Crippen LogP contribution in [-0.2, 0) is 14.2 Å². The molecule has 1 aromatic carbocycles. The Balaban J connectivity index is 0.000000134. The molecule has 2 aliphatic rings. The van der Waals surface area contributed by atoms with Gasteiger partial charge in [-0.2, -0.15) is 0 Å². The van der Waals surface area contributed by atoms with Crippen molar-refractivity contribution in [3.05, 3.63) is 27.1 Å². The lowest BCUT2D eigenvalue weighted by Crippen LogP contribution is -2.06. The van der Waals surface area contributed by atoms with Gasteiger partial charge in [0.1, 0.15) is 18.0 Å². The van der Waals surface area contributed by atoms with Crippen LogP contribution < -0.4 is 0 Å². The molecular weight excluding hydrogens is 368 g/mol. The number of benzene rings is 1. The van der Waals surface area contributed by atoms with Crippen LogP contribution in [0.1, 0.15) is 0 Å². The maximum atomic E-state index is 9.02. The van der Waals surface area contributed by atoms with E-state index in [2.05, 4.69) is 31.9 Å². The number of ether oxygens (including phenoxy) is 3. The first-order chi connectivity index (χ1) is 8.66. The van der Waals surface area contributed by atoms with Gasteiger partial charge in [0.15, 0.2) is 0 Å². The molecule has 0 aliphatic carbocycles. The maximum absolute atomic E-state index is 9.02. The minimum absolute atomic E-state index is 0.254. The van der Waals surface area contributed by atoms with Crippen molar-refractivity contribution in [3.8, 4) is 5.75 Å². The van der Waals surface area contributed by atoms with Gasteiger partial charge in [0.25, 0.3) is 0 Å². The predicted octanol–water partition coefficient (Wildman–Crippen LogP) is 2.72. The summed E-state index contributed by atoms with van der Waals surface area (Å²) >= 11 is 6.42. The molecule has 2 saturated heterocycles. The quantitative estimate of drug-likeness (QED) is 0.814. The molecule has 0 amide bonds. The predicted molar refractivity (Wildman–Crippen MR) is 73.8 cm³/mol. The molecule has 100 valence electrons. The zero-order chi connectivity index (χ0) is 13.0. The average molecular weight is 382 g/mol. The van der Waals surface area contributed by atoms with Crippen LogP contribution in [0.25, 0.3) is 0 Å². The molecule has 1 aromatic rings. The molecule has 0 aromatic heterocycles. The zero-order valence-corrected chi connectivity index (χ0v) is 12.8. The van der Waals surface area contributed by atoms with Crippen LogP contribution in [0.5, 0.6) is 5.75 Å². The van der Waals surface area contributed by atoms with E-state index in [1.54, 1.807) is 12.1 Å². The minimum atomic E-state index is 0.254. The molecule has 2 fully saturated rings. The Kier molecular flexibility index (Phi) is 5.44. The molecule has 0 radical (unpaired) electrons. The fourth-order valence-corrected chi connectivity index (χ4v) is 1.77. The molecule has 6 heteroatoms. The topological polar surface area (TPSA) is 54.5 Å². The Morgan fingerprint density at radius 2 is 1.72 bits per heavy atom. The smallest absolute Gasteiger partial charge is 0.130 e. The van der Waals surface area contributed by atoms with Crippen LogP contribution in [0.3, 0.4) is 0 Å². The van der Waals surface area contributed by atoms with Gasteiger partial charge in [0.05, 0.1) is 30.9 Å². The van der Waals surface area contributed by atoms with E-state index in [0.717, 1.165) is 30.9 Å². The summed E-state index contributed by atoms with van der Waals surface area (Å²) in [6.07, 6.45) is 0.785. The van der Waals surface area contributed by atoms with E-state index in [1.807, 2.05) is 6.07 Å². The Bertz CT molecular complexity index is 359. The van der Waals surface area contributed by atoms with E-state index in [4.69, 9.17) is 19.3 Å². The molecular formula is C12H14Br2O4. The highest BCUT2D eigenvalue weighted by atomic mass is 79.9. The van der Waals surface area contributed by atoms with Crippen LogP contribution in [0.4, 0.5) is 0 Å². The van der Waals surface area contributed by atoms with Crippen LogP contribution in [-0.4, -0.2) is 43.7 Å². The van der Waals surface area contributed by atoms with Gasteiger partial charge in [-0.25, -0.2) is 0 Å². The Morgan fingerprint density at radius 3 is 2.11 bits per heavy atom. The number of aromatic hydroxyl groups is 1. The Hall–Kier alpha value is -0.140. The van der Waals surface area contributed by atoms with E-state index in [1.165, 1.54) is 0 Å². The van der Waals surface area contributed by atoms with Gasteiger partial charge in [0.2, 0.25) is 0 Å². The average Bonchev–Trinajstić information content (AvgIpc) is 3.20. The first-order valence-corrected chi connectivity index (χ1v) is 7.19. The highest BCUT2D eigenvalue weighted by Gasteiger charge is 2.26. The number of hydrogen-bond donors (Lipinski definition) is 1. The van der Waals surface area contributed by atoms with Gasteiger partial charge in [-0.05, 0) is 44.0 Å². The normalized spacial score (nSPS) is 24.1. The highest BCUT2D eigenvalue weighted by molar-refractivity contribution is 9.13. The van der Waals surface area contributed by atoms with Crippen molar-refractivity contribution in [2.75, 3.05) is 26.4 Å². The summed E-state index contributed by atoms with van der Waals surface area (Å²) in [5.41, 5.74) is 0. The summed E-state index contributed by atoms with van der Waals surface area (Å²) < 4.78 is 16.7. The van der Waals surface area contributed by atoms with Crippen molar-refractivity contribution in [2.45, 2.75) is 12.2 Å². The molecule has 2 atom stereocenters. The number of halogens is 2. The van der Waals surface area contributed by atoms with Crippen molar-refractivity contribution in [2.24, 2.45) is 0 Å². The van der Waals surface area contributed by atoms with E-state index in [0.29, 0.717) is 16.7 Å². The van der Waals surface area contributed by atoms with E-state index in [-0.39, 0.29) is 5.75 Å². The van der Waals surface area contributed by atoms with Gasteiger partial charge >= 0.3 is 0 Å². The summed E-state index contributed by atoms with van der Waals surface area (Å²) in [7, 11) is 0. The van der Waals surface area contributed by atoms with Crippen molar-refractivity contribution < 1.29 is 19.3 Å². The van der Waals surface area contributed by atoms with Crippen molar-refractivity contribution in [1.82, 2.24) is 0 Å². The van der Waals surface area contributed by atoms with Crippen molar-refractivity contribution in [3.63, 3.8) is 0 Å². The molecule has 2 unspecified atom stereocenters. The van der Waals surface area contributed by atoms with Crippen LogP contribution in [0, 0.1) is 0 Å². The second kappa shape index (κ2) is 6.86. The first-order valence-electron chi connectivity index (χ1n) is 5.60. The lowest BCUT2D eigenvalue weighted by Gasteiger charge is -1.95. The number of epoxide rings is 2. The van der Waals surface area contributed by atoms with Crippen LogP contribution in [0.2, 0.25) is 0 Å². The summed E-state index contributed by atoms with van der Waals surface area (Å²) in [5, 5.41) is 9.02. The molecule has 3 rings (SSSR count). The second-order valence-corrected chi connectivity index (χ2v) is 5.67. The minimum Gasteiger partial charge on any atom is -0.507 e. The molecule has 0 saturated carbocycles. The number of rotatable bonds is 4. The fraction of sp³-hybridized carbons (Fsp3) is 0.500. The first kappa shape index (κ1) is 14.3. The molecule has 2 heterocycles. The number of phenols is 1. The van der Waals surface area contributed by atoms with Gasteiger partial charge < -0.3 is 19.3 Å². The third kappa shape index (κ3) is 5.24.